The van der Waals surface area contributed by atoms with Crippen LogP contribution in [-0.4, -0.2) is 40.7 Å². The van der Waals surface area contributed by atoms with Crippen LogP contribution in [0.3, 0.4) is 0 Å². The van der Waals surface area contributed by atoms with Crippen molar-refractivity contribution in [1.29, 1.82) is 0 Å². The molecule has 172 valence electrons. The van der Waals surface area contributed by atoms with Crippen molar-refractivity contribution in [1.82, 2.24) is 9.80 Å². The first-order valence-electron chi connectivity index (χ1n) is 9.81. The van der Waals surface area contributed by atoms with E-state index in [-0.39, 0.29) is 6.61 Å². The number of halogens is 4. The van der Waals surface area contributed by atoms with Gasteiger partial charge in [-0.15, -0.1) is 12.6 Å². The van der Waals surface area contributed by atoms with Crippen molar-refractivity contribution in [3.63, 3.8) is 0 Å². The predicted octanol–water partition coefficient (Wildman–Crippen LogP) is 6.07. The van der Waals surface area contributed by atoms with Gasteiger partial charge in [-0.2, -0.15) is 0 Å². The molecule has 0 fully saturated rings. The highest BCUT2D eigenvalue weighted by atomic mass is 35.5. The van der Waals surface area contributed by atoms with E-state index in [1.54, 1.807) is 48.4 Å². The largest absolute Gasteiger partial charge is 0.462 e. The molecular weight excluding hydrogens is 498 g/mol. The molecule has 2 aromatic rings. The van der Waals surface area contributed by atoms with Crippen LogP contribution in [0.4, 0.5) is 4.39 Å². The second-order valence-corrected chi connectivity index (χ2v) is 8.71. The minimum Gasteiger partial charge on any atom is -0.462 e. The van der Waals surface area contributed by atoms with Gasteiger partial charge in [0.15, 0.2) is 0 Å². The molecular formula is C22H22Cl3FN2O3S. The SMILES string of the molecule is CCOC(=O)C(F)N1C=CN(CC(OCc2ccc(Cl)cc2)c2ccc(Cl)cc2Cl)C1S. The van der Waals surface area contributed by atoms with Gasteiger partial charge in [-0.3, -0.25) is 0 Å². The summed E-state index contributed by atoms with van der Waals surface area (Å²) in [6.45, 7) is 2.31. The summed E-state index contributed by atoms with van der Waals surface area (Å²) in [7, 11) is 0. The molecule has 0 amide bonds. The van der Waals surface area contributed by atoms with Gasteiger partial charge < -0.3 is 19.3 Å². The van der Waals surface area contributed by atoms with Gasteiger partial charge in [0.2, 0.25) is 0 Å². The lowest BCUT2D eigenvalue weighted by molar-refractivity contribution is -0.156. The third kappa shape index (κ3) is 6.23. The molecule has 32 heavy (non-hydrogen) atoms. The van der Waals surface area contributed by atoms with Crippen LogP contribution in [0.15, 0.2) is 54.9 Å². The zero-order valence-corrected chi connectivity index (χ0v) is 20.3. The lowest BCUT2D eigenvalue weighted by atomic mass is 10.1. The Labute approximate surface area is 207 Å². The van der Waals surface area contributed by atoms with Crippen LogP contribution in [0, 0.1) is 0 Å². The van der Waals surface area contributed by atoms with E-state index >= 15 is 0 Å². The third-order valence-corrected chi connectivity index (χ3v) is 6.16. The minimum atomic E-state index is -1.97. The van der Waals surface area contributed by atoms with Crippen molar-refractivity contribution in [2.24, 2.45) is 0 Å². The number of hydrogen-bond acceptors (Lipinski definition) is 6. The maximum atomic E-state index is 14.5. The number of rotatable bonds is 9. The molecule has 1 heterocycles. The lowest BCUT2D eigenvalue weighted by Gasteiger charge is -2.32. The highest BCUT2D eigenvalue weighted by molar-refractivity contribution is 7.80. The fourth-order valence-corrected chi connectivity index (χ4v) is 4.16. The lowest BCUT2D eigenvalue weighted by Crippen LogP contribution is -2.43. The van der Waals surface area contributed by atoms with Crippen molar-refractivity contribution in [2.45, 2.75) is 31.4 Å². The number of hydrogen-bond donors (Lipinski definition) is 1. The average Bonchev–Trinajstić information content (AvgIpc) is 3.12. The first-order valence-corrected chi connectivity index (χ1v) is 11.5. The van der Waals surface area contributed by atoms with Crippen LogP contribution in [0.2, 0.25) is 15.1 Å². The monoisotopic (exact) mass is 518 g/mol. The second-order valence-electron chi connectivity index (χ2n) is 6.97. The van der Waals surface area contributed by atoms with Crippen LogP contribution in [-0.2, 0) is 20.9 Å². The molecule has 0 aromatic heterocycles. The zero-order valence-electron chi connectivity index (χ0n) is 17.1. The van der Waals surface area contributed by atoms with Crippen molar-refractivity contribution in [2.75, 3.05) is 13.2 Å². The Morgan fingerprint density at radius 3 is 2.47 bits per heavy atom. The molecule has 0 saturated carbocycles. The molecule has 0 aliphatic carbocycles. The maximum Gasteiger partial charge on any atom is 0.362 e. The Bertz CT molecular complexity index is 964. The second kappa shape index (κ2) is 11.5. The number of carbonyl (C=O) groups is 1. The molecule has 0 bridgehead atoms. The van der Waals surface area contributed by atoms with Crippen LogP contribution in [0.5, 0.6) is 0 Å². The van der Waals surface area contributed by atoms with Crippen LogP contribution in [0.25, 0.3) is 0 Å². The fraction of sp³-hybridized carbons (Fsp3) is 0.318. The molecule has 0 N–H and O–H groups in total. The fourth-order valence-electron chi connectivity index (χ4n) is 3.14. The Hall–Kier alpha value is -1.64. The van der Waals surface area contributed by atoms with E-state index in [2.05, 4.69) is 12.6 Å². The number of esters is 1. The first kappa shape index (κ1) is 25.0. The number of nitrogens with zero attached hydrogens (tertiary/aromatic N) is 2. The summed E-state index contributed by atoms with van der Waals surface area (Å²) in [5, 5.41) is 1.59. The molecule has 3 atom stereocenters. The predicted molar refractivity (Wildman–Crippen MR) is 127 cm³/mol. The quantitative estimate of drug-likeness (QED) is 0.248. The minimum absolute atomic E-state index is 0.0907. The Kier molecular flexibility index (Phi) is 8.96. The summed E-state index contributed by atoms with van der Waals surface area (Å²) >= 11 is 22.9. The third-order valence-electron chi connectivity index (χ3n) is 4.79. The van der Waals surface area contributed by atoms with E-state index in [1.165, 1.54) is 11.1 Å². The summed E-state index contributed by atoms with van der Waals surface area (Å²) in [5.41, 5.74) is 0.915. The van der Waals surface area contributed by atoms with Crippen LogP contribution in [0.1, 0.15) is 24.2 Å². The summed E-state index contributed by atoms with van der Waals surface area (Å²) in [5.74, 6) is -0.964. The van der Waals surface area contributed by atoms with Gasteiger partial charge in [0, 0.05) is 33.0 Å². The summed E-state index contributed by atoms with van der Waals surface area (Å²) < 4.78 is 25.5. The Morgan fingerprint density at radius 2 is 1.81 bits per heavy atom. The smallest absolute Gasteiger partial charge is 0.362 e. The van der Waals surface area contributed by atoms with Gasteiger partial charge in [0.25, 0.3) is 6.30 Å². The van der Waals surface area contributed by atoms with Crippen molar-refractivity contribution >= 4 is 53.4 Å². The summed E-state index contributed by atoms with van der Waals surface area (Å²) in [6.07, 6.45) is 0.645. The van der Waals surface area contributed by atoms with Gasteiger partial charge >= 0.3 is 5.97 Å². The molecule has 0 spiro atoms. The van der Waals surface area contributed by atoms with E-state index in [0.29, 0.717) is 28.2 Å². The number of ether oxygens (including phenoxy) is 2. The van der Waals surface area contributed by atoms with Crippen LogP contribution < -0.4 is 0 Å². The highest BCUT2D eigenvalue weighted by Gasteiger charge is 2.35. The van der Waals surface area contributed by atoms with Crippen molar-refractivity contribution in [3.8, 4) is 0 Å². The van der Waals surface area contributed by atoms with Gasteiger partial charge in [-0.05, 0) is 36.8 Å². The van der Waals surface area contributed by atoms with Crippen LogP contribution >= 0.6 is 47.4 Å². The van der Waals surface area contributed by atoms with Gasteiger partial charge in [-0.1, -0.05) is 53.0 Å². The molecule has 10 heteroatoms. The van der Waals surface area contributed by atoms with Crippen molar-refractivity contribution < 1.29 is 18.7 Å². The Morgan fingerprint density at radius 1 is 1.12 bits per heavy atom. The van der Waals surface area contributed by atoms with E-state index in [0.717, 1.165) is 11.1 Å². The molecule has 1 aliphatic heterocycles. The van der Waals surface area contributed by atoms with Gasteiger partial charge in [0.1, 0.15) is 11.6 Å². The molecule has 0 radical (unpaired) electrons. The Balaban J connectivity index is 1.75. The summed E-state index contributed by atoms with van der Waals surface area (Å²) in [6, 6.07) is 12.5. The van der Waals surface area contributed by atoms with E-state index < -0.39 is 23.9 Å². The topological polar surface area (TPSA) is 42.0 Å². The standard InChI is InChI=1S/C22H22Cl3FN2O3S/c1-2-30-21(29)20(26)28-10-9-27(22(28)32)12-19(17-8-7-16(24)11-18(17)25)31-13-14-3-5-15(23)6-4-14/h3-11,19-20,22,32H,2,12-13H2,1H3. The number of thiol groups is 1. The molecule has 0 saturated heterocycles. The summed E-state index contributed by atoms with van der Waals surface area (Å²) in [4.78, 5) is 14.7. The number of carbonyl (C=O) groups excluding carboxylic acids is 1. The average molecular weight is 520 g/mol. The van der Waals surface area contributed by atoms with E-state index in [1.807, 2.05) is 12.1 Å². The van der Waals surface area contributed by atoms with Crippen molar-refractivity contribution in [3.05, 3.63) is 81.1 Å². The van der Waals surface area contributed by atoms with E-state index in [9.17, 15) is 9.18 Å². The molecule has 2 aromatic carbocycles. The van der Waals surface area contributed by atoms with Gasteiger partial charge in [0.05, 0.1) is 19.8 Å². The van der Waals surface area contributed by atoms with Gasteiger partial charge in [-0.25, -0.2) is 9.18 Å². The normalized spacial score (nSPS) is 17.5. The van der Waals surface area contributed by atoms with E-state index in [4.69, 9.17) is 44.3 Å². The number of benzene rings is 2. The number of alkyl halides is 1. The highest BCUT2D eigenvalue weighted by Crippen LogP contribution is 2.33. The first-order chi connectivity index (χ1) is 15.3. The molecule has 3 unspecified atom stereocenters. The zero-order chi connectivity index (χ0) is 23.3. The maximum absolute atomic E-state index is 14.5. The molecule has 3 rings (SSSR count). The molecule has 1 aliphatic rings. The molecule has 5 nitrogen and oxygen atoms in total.